The van der Waals surface area contributed by atoms with Crippen molar-refractivity contribution in [3.05, 3.63) is 23.7 Å². The van der Waals surface area contributed by atoms with E-state index in [1.165, 1.54) is 0 Å². The highest BCUT2D eigenvalue weighted by atomic mass is 32.2. The number of hydrogen-bond acceptors (Lipinski definition) is 5. The van der Waals surface area contributed by atoms with Gasteiger partial charge in [-0.2, -0.15) is 0 Å². The van der Waals surface area contributed by atoms with Gasteiger partial charge in [-0.25, -0.2) is 13.1 Å². The summed E-state index contributed by atoms with van der Waals surface area (Å²) < 4.78 is 37.7. The lowest BCUT2D eigenvalue weighted by Crippen LogP contribution is -2.50. The minimum atomic E-state index is -3.13. The summed E-state index contributed by atoms with van der Waals surface area (Å²) in [6.07, 6.45) is 3.07. The monoisotopic (exact) mass is 356 g/mol. The molecule has 0 spiro atoms. The first-order valence-corrected chi connectivity index (χ1v) is 10.4. The summed E-state index contributed by atoms with van der Waals surface area (Å²) in [5.74, 6) is 2.06. The Labute approximate surface area is 144 Å². The van der Waals surface area contributed by atoms with Crippen LogP contribution in [-0.2, 0) is 21.3 Å². The van der Waals surface area contributed by atoms with E-state index in [2.05, 4.69) is 9.62 Å². The number of nitrogens with one attached hydrogen (secondary N) is 1. The van der Waals surface area contributed by atoms with Crippen molar-refractivity contribution < 1.29 is 17.6 Å². The molecule has 3 heterocycles. The molecule has 1 aromatic heterocycles. The van der Waals surface area contributed by atoms with Gasteiger partial charge in [0.1, 0.15) is 11.5 Å². The van der Waals surface area contributed by atoms with E-state index in [0.29, 0.717) is 6.54 Å². The molecule has 2 aliphatic rings. The molecule has 0 saturated carbocycles. The van der Waals surface area contributed by atoms with Crippen LogP contribution in [0.5, 0.6) is 0 Å². The Morgan fingerprint density at radius 1 is 1.42 bits per heavy atom. The lowest BCUT2D eigenvalue weighted by molar-refractivity contribution is -0.0252. The Morgan fingerprint density at radius 3 is 2.96 bits per heavy atom. The summed E-state index contributed by atoms with van der Waals surface area (Å²) in [6, 6.07) is 4.03. The van der Waals surface area contributed by atoms with E-state index in [9.17, 15) is 8.42 Å². The average Bonchev–Trinajstić information content (AvgIpc) is 3.13. The van der Waals surface area contributed by atoms with Crippen molar-refractivity contribution in [2.75, 3.05) is 32.0 Å². The van der Waals surface area contributed by atoms with E-state index in [1.807, 2.05) is 19.1 Å². The molecule has 2 fully saturated rings. The quantitative estimate of drug-likeness (QED) is 0.808. The van der Waals surface area contributed by atoms with Crippen LogP contribution in [0.15, 0.2) is 16.5 Å². The molecular formula is C17H28N2O4S. The van der Waals surface area contributed by atoms with E-state index in [1.54, 1.807) is 6.92 Å². The SMILES string of the molecule is CCS(=O)(=O)NCC[C@@]12CCO[C@@H]1CCN(Cc1ccc(C)o1)C2. The fraction of sp³-hybridized carbons (Fsp3) is 0.765. The van der Waals surface area contributed by atoms with Crippen molar-refractivity contribution in [2.45, 2.75) is 45.8 Å². The average molecular weight is 356 g/mol. The summed E-state index contributed by atoms with van der Waals surface area (Å²) >= 11 is 0. The molecule has 3 rings (SSSR count). The topological polar surface area (TPSA) is 71.8 Å². The fourth-order valence-corrected chi connectivity index (χ4v) is 4.60. The van der Waals surface area contributed by atoms with Crippen LogP contribution in [0.2, 0.25) is 0 Å². The zero-order valence-electron chi connectivity index (χ0n) is 14.6. The number of fused-ring (bicyclic) bond motifs is 1. The molecule has 0 aromatic carbocycles. The first kappa shape index (κ1) is 17.9. The number of piperidine rings is 1. The zero-order chi connectivity index (χ0) is 17.2. The highest BCUT2D eigenvalue weighted by Gasteiger charge is 2.47. The maximum absolute atomic E-state index is 11.7. The van der Waals surface area contributed by atoms with Gasteiger partial charge in [0.15, 0.2) is 0 Å². The third-order valence-corrected chi connectivity index (χ3v) is 6.75. The standard InChI is InChI=1S/C17H28N2O4S/c1-3-24(20,21)18-9-7-17-8-11-22-16(17)6-10-19(13-17)12-15-5-4-14(2)23-15/h4-5,16,18H,3,6-13H2,1-2H3/t16-,17+/m1/s1. The zero-order valence-corrected chi connectivity index (χ0v) is 15.4. The van der Waals surface area contributed by atoms with Gasteiger partial charge in [0, 0.05) is 31.7 Å². The first-order chi connectivity index (χ1) is 11.4. The summed E-state index contributed by atoms with van der Waals surface area (Å²) in [5.41, 5.74) is 0.0517. The second kappa shape index (κ2) is 7.15. The largest absolute Gasteiger partial charge is 0.465 e. The van der Waals surface area contributed by atoms with Crippen molar-refractivity contribution in [2.24, 2.45) is 5.41 Å². The van der Waals surface area contributed by atoms with E-state index in [-0.39, 0.29) is 17.3 Å². The molecule has 2 atom stereocenters. The van der Waals surface area contributed by atoms with Crippen LogP contribution < -0.4 is 4.72 Å². The molecule has 7 heteroatoms. The molecule has 136 valence electrons. The molecule has 0 unspecified atom stereocenters. The van der Waals surface area contributed by atoms with Crippen LogP contribution in [0.4, 0.5) is 0 Å². The second-order valence-corrected chi connectivity index (χ2v) is 9.13. The van der Waals surface area contributed by atoms with E-state index in [0.717, 1.165) is 57.0 Å². The lowest BCUT2D eigenvalue weighted by atomic mass is 9.74. The van der Waals surface area contributed by atoms with Gasteiger partial charge in [-0.05, 0) is 45.2 Å². The van der Waals surface area contributed by atoms with Crippen LogP contribution in [0.1, 0.15) is 37.7 Å². The van der Waals surface area contributed by atoms with Gasteiger partial charge in [-0.3, -0.25) is 4.90 Å². The number of rotatable bonds is 7. The fourth-order valence-electron chi connectivity index (χ4n) is 3.98. The molecule has 0 radical (unpaired) electrons. The summed E-state index contributed by atoms with van der Waals surface area (Å²) in [6.45, 7) is 7.63. The number of sulfonamides is 1. The molecule has 0 bridgehead atoms. The third-order valence-electron chi connectivity index (χ3n) is 5.35. The molecule has 24 heavy (non-hydrogen) atoms. The number of hydrogen-bond donors (Lipinski definition) is 1. The molecule has 0 amide bonds. The highest BCUT2D eigenvalue weighted by molar-refractivity contribution is 7.89. The Bertz CT molecular complexity index is 657. The number of ether oxygens (including phenoxy) is 1. The minimum absolute atomic E-state index is 0.0517. The minimum Gasteiger partial charge on any atom is -0.465 e. The number of nitrogens with zero attached hydrogens (tertiary/aromatic N) is 1. The lowest BCUT2D eigenvalue weighted by Gasteiger charge is -2.43. The first-order valence-electron chi connectivity index (χ1n) is 8.79. The van der Waals surface area contributed by atoms with Crippen molar-refractivity contribution in [3.8, 4) is 0 Å². The Balaban J connectivity index is 1.62. The Hall–Kier alpha value is -0.890. The smallest absolute Gasteiger partial charge is 0.211 e. The summed E-state index contributed by atoms with van der Waals surface area (Å²) in [5, 5.41) is 0. The number of likely N-dealkylation sites (tertiary alicyclic amines) is 1. The van der Waals surface area contributed by atoms with Crippen molar-refractivity contribution in [3.63, 3.8) is 0 Å². The predicted octanol–water partition coefficient (Wildman–Crippen LogP) is 1.90. The molecule has 6 nitrogen and oxygen atoms in total. The van der Waals surface area contributed by atoms with E-state index >= 15 is 0 Å². The van der Waals surface area contributed by atoms with Gasteiger partial charge in [-0.15, -0.1) is 0 Å². The van der Waals surface area contributed by atoms with Crippen LogP contribution in [0, 0.1) is 12.3 Å². The van der Waals surface area contributed by atoms with Crippen molar-refractivity contribution >= 4 is 10.0 Å². The summed E-state index contributed by atoms with van der Waals surface area (Å²) in [7, 11) is -3.13. The molecule has 0 aliphatic carbocycles. The Kier molecular flexibility index (Phi) is 5.34. The third kappa shape index (κ3) is 4.02. The second-order valence-electron chi connectivity index (χ2n) is 7.03. The molecule has 1 N–H and O–H groups in total. The van der Waals surface area contributed by atoms with E-state index < -0.39 is 10.0 Å². The van der Waals surface area contributed by atoms with Crippen molar-refractivity contribution in [1.29, 1.82) is 0 Å². The number of furan rings is 1. The van der Waals surface area contributed by atoms with Gasteiger partial charge >= 0.3 is 0 Å². The van der Waals surface area contributed by atoms with Crippen LogP contribution in [0.3, 0.4) is 0 Å². The molecular weight excluding hydrogens is 328 g/mol. The van der Waals surface area contributed by atoms with E-state index in [4.69, 9.17) is 9.15 Å². The van der Waals surface area contributed by atoms with Crippen LogP contribution >= 0.6 is 0 Å². The maximum atomic E-state index is 11.7. The summed E-state index contributed by atoms with van der Waals surface area (Å²) in [4.78, 5) is 2.41. The van der Waals surface area contributed by atoms with Crippen LogP contribution in [-0.4, -0.2) is 51.4 Å². The predicted molar refractivity (Wildman–Crippen MR) is 92.2 cm³/mol. The van der Waals surface area contributed by atoms with Crippen molar-refractivity contribution in [1.82, 2.24) is 9.62 Å². The van der Waals surface area contributed by atoms with Gasteiger partial charge in [0.2, 0.25) is 10.0 Å². The molecule has 2 saturated heterocycles. The molecule has 1 aromatic rings. The highest BCUT2D eigenvalue weighted by Crippen LogP contribution is 2.43. The Morgan fingerprint density at radius 2 is 2.25 bits per heavy atom. The van der Waals surface area contributed by atoms with Gasteiger partial charge < -0.3 is 9.15 Å². The van der Waals surface area contributed by atoms with Gasteiger partial charge in [0.25, 0.3) is 0 Å². The maximum Gasteiger partial charge on any atom is 0.211 e. The normalized spacial score (nSPS) is 28.2. The van der Waals surface area contributed by atoms with Crippen LogP contribution in [0.25, 0.3) is 0 Å². The molecule has 2 aliphatic heterocycles. The van der Waals surface area contributed by atoms with Gasteiger partial charge in [0.05, 0.1) is 18.4 Å². The number of aryl methyl sites for hydroxylation is 1. The van der Waals surface area contributed by atoms with Gasteiger partial charge in [-0.1, -0.05) is 0 Å².